The number of rotatable bonds is 4. The predicted molar refractivity (Wildman–Crippen MR) is 70.8 cm³/mol. The summed E-state index contributed by atoms with van der Waals surface area (Å²) in [4.78, 5) is 11.9. The van der Waals surface area contributed by atoms with Gasteiger partial charge in [-0.05, 0) is 45.4 Å². The number of piperidine rings is 1. The van der Waals surface area contributed by atoms with Crippen molar-refractivity contribution < 1.29 is 4.79 Å². The maximum atomic E-state index is 11.9. The molecule has 1 amide bonds. The van der Waals surface area contributed by atoms with Crippen LogP contribution < -0.4 is 10.6 Å². The van der Waals surface area contributed by atoms with Gasteiger partial charge in [-0.2, -0.15) is 11.8 Å². The number of amides is 1. The second kappa shape index (κ2) is 5.92. The minimum absolute atomic E-state index is 0.0152. The van der Waals surface area contributed by atoms with Crippen molar-refractivity contribution in [2.24, 2.45) is 5.92 Å². The van der Waals surface area contributed by atoms with Gasteiger partial charge < -0.3 is 10.6 Å². The second-order valence-electron chi connectivity index (χ2n) is 5.32. The molecular formula is C12H24N2OS. The third-order valence-corrected chi connectivity index (χ3v) is 4.47. The molecule has 0 aliphatic carbocycles. The van der Waals surface area contributed by atoms with Crippen LogP contribution in [0.5, 0.6) is 0 Å². The molecule has 16 heavy (non-hydrogen) atoms. The summed E-state index contributed by atoms with van der Waals surface area (Å²) < 4.78 is 0.121. The molecular weight excluding hydrogens is 220 g/mol. The molecule has 0 aromatic heterocycles. The van der Waals surface area contributed by atoms with Gasteiger partial charge in [0.2, 0.25) is 5.91 Å². The van der Waals surface area contributed by atoms with Gasteiger partial charge in [-0.1, -0.05) is 6.92 Å². The van der Waals surface area contributed by atoms with Crippen LogP contribution in [0.25, 0.3) is 0 Å². The number of carbonyl (C=O) groups excluding carboxylic acids is 1. The van der Waals surface area contributed by atoms with Gasteiger partial charge in [-0.25, -0.2) is 0 Å². The molecule has 2 N–H and O–H groups in total. The zero-order valence-corrected chi connectivity index (χ0v) is 11.6. The van der Waals surface area contributed by atoms with E-state index in [4.69, 9.17) is 0 Å². The Kier molecular flexibility index (Phi) is 5.12. The smallest absolute Gasteiger partial charge is 0.237 e. The average Bonchev–Trinajstić information content (AvgIpc) is 2.26. The minimum atomic E-state index is 0.0152. The zero-order chi connectivity index (χ0) is 12.2. The fourth-order valence-electron chi connectivity index (χ4n) is 1.80. The highest BCUT2D eigenvalue weighted by Gasteiger charge is 2.25. The molecule has 2 unspecified atom stereocenters. The Hall–Kier alpha value is -0.220. The first-order chi connectivity index (χ1) is 7.44. The van der Waals surface area contributed by atoms with E-state index in [1.54, 1.807) is 11.8 Å². The maximum Gasteiger partial charge on any atom is 0.237 e. The molecule has 0 radical (unpaired) electrons. The minimum Gasteiger partial charge on any atom is -0.353 e. The summed E-state index contributed by atoms with van der Waals surface area (Å²) in [6.45, 7) is 8.21. The third-order valence-electron chi connectivity index (χ3n) is 3.22. The molecule has 1 rings (SSSR count). The van der Waals surface area contributed by atoms with Gasteiger partial charge in [-0.3, -0.25) is 4.79 Å². The molecule has 2 atom stereocenters. The van der Waals surface area contributed by atoms with E-state index in [0.717, 1.165) is 19.5 Å². The van der Waals surface area contributed by atoms with E-state index >= 15 is 0 Å². The molecule has 1 aliphatic rings. The molecule has 3 nitrogen and oxygen atoms in total. The second-order valence-corrected chi connectivity index (χ2v) is 6.83. The molecule has 1 heterocycles. The van der Waals surface area contributed by atoms with Gasteiger partial charge in [0.15, 0.2) is 0 Å². The topological polar surface area (TPSA) is 41.1 Å². The lowest BCUT2D eigenvalue weighted by Crippen LogP contribution is -2.50. The van der Waals surface area contributed by atoms with Crippen LogP contribution in [-0.4, -0.2) is 36.0 Å². The van der Waals surface area contributed by atoms with E-state index < -0.39 is 0 Å². The first kappa shape index (κ1) is 13.8. The van der Waals surface area contributed by atoms with Crippen LogP contribution in [0.4, 0.5) is 0 Å². The van der Waals surface area contributed by atoms with Crippen molar-refractivity contribution in [3.05, 3.63) is 0 Å². The summed E-state index contributed by atoms with van der Waals surface area (Å²) in [7, 11) is 0. The Balaban J connectivity index is 2.34. The van der Waals surface area contributed by atoms with Crippen LogP contribution in [0, 0.1) is 5.92 Å². The number of carbonyl (C=O) groups is 1. The Bertz CT molecular complexity index is 243. The standard InChI is InChI=1S/C12H24N2OS/c1-9-5-6-13-10(7-9)11(15)14-8-12(2,3)16-4/h9-10,13H,5-8H2,1-4H3,(H,14,15). The average molecular weight is 244 g/mol. The molecule has 4 heteroatoms. The van der Waals surface area contributed by atoms with E-state index in [9.17, 15) is 4.79 Å². The lowest BCUT2D eigenvalue weighted by atomic mass is 9.94. The molecule has 0 saturated carbocycles. The van der Waals surface area contributed by atoms with E-state index in [0.29, 0.717) is 5.92 Å². The summed E-state index contributed by atoms with van der Waals surface area (Å²) in [6.07, 6.45) is 4.22. The van der Waals surface area contributed by atoms with E-state index in [1.165, 1.54) is 6.42 Å². The van der Waals surface area contributed by atoms with Gasteiger partial charge in [0, 0.05) is 11.3 Å². The first-order valence-corrected chi connectivity index (χ1v) is 7.23. The Morgan fingerprint density at radius 1 is 1.56 bits per heavy atom. The van der Waals surface area contributed by atoms with Crippen LogP contribution >= 0.6 is 11.8 Å². The lowest BCUT2D eigenvalue weighted by Gasteiger charge is -2.29. The van der Waals surface area contributed by atoms with E-state index in [2.05, 4.69) is 37.7 Å². The van der Waals surface area contributed by atoms with Crippen molar-refractivity contribution in [3.63, 3.8) is 0 Å². The first-order valence-electron chi connectivity index (χ1n) is 6.01. The number of hydrogen-bond acceptors (Lipinski definition) is 3. The van der Waals surface area contributed by atoms with E-state index in [1.807, 2.05) is 0 Å². The van der Waals surface area contributed by atoms with Crippen LogP contribution in [-0.2, 0) is 4.79 Å². The van der Waals surface area contributed by atoms with Gasteiger partial charge in [-0.15, -0.1) is 0 Å². The largest absolute Gasteiger partial charge is 0.353 e. The van der Waals surface area contributed by atoms with Gasteiger partial charge in [0.1, 0.15) is 0 Å². The SMILES string of the molecule is CSC(C)(C)CNC(=O)C1CC(C)CCN1. The van der Waals surface area contributed by atoms with Gasteiger partial charge >= 0.3 is 0 Å². The van der Waals surface area contributed by atoms with Crippen molar-refractivity contribution >= 4 is 17.7 Å². The molecule has 1 fully saturated rings. The molecule has 1 aliphatic heterocycles. The third kappa shape index (κ3) is 4.34. The monoisotopic (exact) mass is 244 g/mol. The maximum absolute atomic E-state index is 11.9. The summed E-state index contributed by atoms with van der Waals surface area (Å²) in [5.41, 5.74) is 0. The van der Waals surface area contributed by atoms with Crippen molar-refractivity contribution in [2.75, 3.05) is 19.3 Å². The van der Waals surface area contributed by atoms with Crippen molar-refractivity contribution in [3.8, 4) is 0 Å². The lowest BCUT2D eigenvalue weighted by molar-refractivity contribution is -0.124. The Morgan fingerprint density at radius 2 is 2.25 bits per heavy atom. The van der Waals surface area contributed by atoms with Crippen LogP contribution in [0.15, 0.2) is 0 Å². The van der Waals surface area contributed by atoms with Crippen molar-refractivity contribution in [1.82, 2.24) is 10.6 Å². The van der Waals surface area contributed by atoms with Crippen LogP contribution in [0.3, 0.4) is 0 Å². The molecule has 0 spiro atoms. The molecule has 0 aromatic carbocycles. The molecule has 0 bridgehead atoms. The number of thioether (sulfide) groups is 1. The van der Waals surface area contributed by atoms with Crippen LogP contribution in [0.1, 0.15) is 33.6 Å². The van der Waals surface area contributed by atoms with Crippen molar-refractivity contribution in [1.29, 1.82) is 0 Å². The Morgan fingerprint density at radius 3 is 2.81 bits per heavy atom. The van der Waals surface area contributed by atoms with Gasteiger partial charge in [0.05, 0.1) is 6.04 Å². The zero-order valence-electron chi connectivity index (χ0n) is 10.8. The normalized spacial score (nSPS) is 26.5. The highest BCUT2D eigenvalue weighted by atomic mass is 32.2. The summed E-state index contributed by atoms with van der Waals surface area (Å²) >= 11 is 1.78. The summed E-state index contributed by atoms with van der Waals surface area (Å²) in [5, 5.41) is 6.33. The fourth-order valence-corrected chi connectivity index (χ4v) is 2.02. The molecule has 0 aromatic rings. The van der Waals surface area contributed by atoms with Gasteiger partial charge in [0.25, 0.3) is 0 Å². The van der Waals surface area contributed by atoms with Crippen molar-refractivity contribution in [2.45, 2.75) is 44.4 Å². The molecule has 94 valence electrons. The number of hydrogen-bond donors (Lipinski definition) is 2. The highest BCUT2D eigenvalue weighted by Crippen LogP contribution is 2.20. The van der Waals surface area contributed by atoms with Crippen LogP contribution in [0.2, 0.25) is 0 Å². The fraction of sp³-hybridized carbons (Fsp3) is 0.917. The number of nitrogens with one attached hydrogen (secondary N) is 2. The molecule has 1 saturated heterocycles. The Labute approximate surface area is 103 Å². The summed E-state index contributed by atoms with van der Waals surface area (Å²) in [5.74, 6) is 0.819. The summed E-state index contributed by atoms with van der Waals surface area (Å²) in [6, 6.07) is 0.0152. The van der Waals surface area contributed by atoms with E-state index in [-0.39, 0.29) is 16.7 Å². The predicted octanol–water partition coefficient (Wildman–Crippen LogP) is 1.63. The highest BCUT2D eigenvalue weighted by molar-refractivity contribution is 7.99. The quantitative estimate of drug-likeness (QED) is 0.790.